The lowest BCUT2D eigenvalue weighted by Gasteiger charge is -2.13. The molecule has 0 atom stereocenters. The van der Waals surface area contributed by atoms with Crippen molar-refractivity contribution in [3.63, 3.8) is 0 Å². The number of rotatable bonds is 1. The van der Waals surface area contributed by atoms with Crippen molar-refractivity contribution < 1.29 is 0 Å². The van der Waals surface area contributed by atoms with Crippen LogP contribution in [0.25, 0.3) is 10.9 Å². The zero-order chi connectivity index (χ0) is 10.8. The summed E-state index contributed by atoms with van der Waals surface area (Å²) in [7, 11) is 3.88. The summed E-state index contributed by atoms with van der Waals surface area (Å²) in [6, 6.07) is 7.83. The monoisotopic (exact) mass is 197 g/mol. The van der Waals surface area contributed by atoms with Gasteiger partial charge in [0.1, 0.15) is 5.82 Å². The Morgan fingerprint density at radius 3 is 2.60 bits per heavy atom. The van der Waals surface area contributed by atoms with E-state index in [1.54, 1.807) is 0 Å². The van der Waals surface area contributed by atoms with Crippen LogP contribution in [0.4, 0.5) is 5.82 Å². The molecule has 3 nitrogen and oxygen atoms in total. The average molecular weight is 197 g/mol. The van der Waals surface area contributed by atoms with Gasteiger partial charge < -0.3 is 4.90 Å². The maximum Gasteiger partial charge on any atom is 0.207 e. The van der Waals surface area contributed by atoms with E-state index in [1.165, 1.54) is 0 Å². The SMILES string of the molecule is C#Cc1nc(N(C)C)c2ccccc2n1. The molecule has 0 fully saturated rings. The van der Waals surface area contributed by atoms with E-state index < -0.39 is 0 Å². The Hall–Kier alpha value is -2.08. The van der Waals surface area contributed by atoms with Gasteiger partial charge in [-0.2, -0.15) is 0 Å². The van der Waals surface area contributed by atoms with Crippen LogP contribution in [-0.4, -0.2) is 24.1 Å². The number of hydrogen-bond donors (Lipinski definition) is 0. The third kappa shape index (κ3) is 1.62. The Labute approximate surface area is 88.8 Å². The molecule has 3 heteroatoms. The van der Waals surface area contributed by atoms with Crippen LogP contribution in [0.2, 0.25) is 0 Å². The Balaban J connectivity index is 2.82. The zero-order valence-electron chi connectivity index (χ0n) is 8.73. The van der Waals surface area contributed by atoms with Crippen molar-refractivity contribution in [1.29, 1.82) is 0 Å². The summed E-state index contributed by atoms with van der Waals surface area (Å²) in [5.74, 6) is 3.75. The van der Waals surface area contributed by atoms with Gasteiger partial charge in [-0.25, -0.2) is 9.97 Å². The Morgan fingerprint density at radius 1 is 1.20 bits per heavy atom. The van der Waals surface area contributed by atoms with Gasteiger partial charge in [0.05, 0.1) is 5.52 Å². The molecule has 0 N–H and O–H groups in total. The first-order valence-corrected chi connectivity index (χ1v) is 4.63. The maximum atomic E-state index is 5.32. The van der Waals surface area contributed by atoms with Gasteiger partial charge in [-0.05, 0) is 18.1 Å². The summed E-state index contributed by atoms with van der Waals surface area (Å²) in [6.07, 6.45) is 5.32. The highest BCUT2D eigenvalue weighted by Crippen LogP contribution is 2.21. The van der Waals surface area contributed by atoms with Gasteiger partial charge in [-0.1, -0.05) is 12.1 Å². The highest BCUT2D eigenvalue weighted by Gasteiger charge is 2.06. The van der Waals surface area contributed by atoms with Gasteiger partial charge in [0.25, 0.3) is 0 Å². The molecule has 0 aliphatic heterocycles. The lowest BCUT2D eigenvalue weighted by molar-refractivity contribution is 1.05. The summed E-state index contributed by atoms with van der Waals surface area (Å²) >= 11 is 0. The first-order chi connectivity index (χ1) is 7.22. The predicted octanol–water partition coefficient (Wildman–Crippen LogP) is 1.68. The minimum Gasteiger partial charge on any atom is -0.362 e. The number of fused-ring (bicyclic) bond motifs is 1. The normalized spacial score (nSPS) is 9.93. The number of aromatic nitrogens is 2. The highest BCUT2D eigenvalue weighted by atomic mass is 15.1. The maximum absolute atomic E-state index is 5.32. The van der Waals surface area contributed by atoms with E-state index in [0.717, 1.165) is 16.7 Å². The van der Waals surface area contributed by atoms with E-state index in [4.69, 9.17) is 6.42 Å². The largest absolute Gasteiger partial charge is 0.362 e. The van der Waals surface area contributed by atoms with Crippen LogP contribution in [-0.2, 0) is 0 Å². The minimum absolute atomic E-state index is 0.428. The van der Waals surface area contributed by atoms with Crippen LogP contribution in [0.15, 0.2) is 24.3 Å². The number of nitrogens with zero attached hydrogens (tertiary/aromatic N) is 3. The molecule has 0 aliphatic rings. The molecule has 0 unspecified atom stereocenters. The second-order valence-electron chi connectivity index (χ2n) is 3.43. The van der Waals surface area contributed by atoms with Gasteiger partial charge >= 0.3 is 0 Å². The minimum atomic E-state index is 0.428. The molecule has 0 amide bonds. The molecule has 74 valence electrons. The Bertz CT molecular complexity index is 538. The third-order valence-electron chi connectivity index (χ3n) is 2.14. The molecule has 1 aromatic heterocycles. The van der Waals surface area contributed by atoms with Gasteiger partial charge in [-0.3, -0.25) is 0 Å². The third-order valence-corrected chi connectivity index (χ3v) is 2.14. The molecule has 0 spiro atoms. The number of anilines is 1. The summed E-state index contributed by atoms with van der Waals surface area (Å²) < 4.78 is 0. The molecule has 2 aromatic rings. The van der Waals surface area contributed by atoms with Crippen molar-refractivity contribution in [2.24, 2.45) is 0 Å². The topological polar surface area (TPSA) is 29.0 Å². The van der Waals surface area contributed by atoms with Gasteiger partial charge in [-0.15, -0.1) is 6.42 Å². The van der Waals surface area contributed by atoms with Crippen LogP contribution in [0, 0.1) is 12.3 Å². The molecule has 0 saturated carbocycles. The fourth-order valence-electron chi connectivity index (χ4n) is 1.47. The number of benzene rings is 1. The standard InChI is InChI=1S/C12H11N3/c1-4-11-13-10-8-6-5-7-9(10)12(14-11)15(2)3/h1,5-8H,2-3H3. The summed E-state index contributed by atoms with van der Waals surface area (Å²) in [6.45, 7) is 0. The molecular formula is C12H11N3. The van der Waals surface area contributed by atoms with Crippen molar-refractivity contribution in [2.45, 2.75) is 0 Å². The lowest BCUT2D eigenvalue weighted by Crippen LogP contribution is -2.12. The number of hydrogen-bond acceptors (Lipinski definition) is 3. The Morgan fingerprint density at radius 2 is 1.93 bits per heavy atom. The highest BCUT2D eigenvalue weighted by molar-refractivity contribution is 5.89. The zero-order valence-corrected chi connectivity index (χ0v) is 8.73. The fourth-order valence-corrected chi connectivity index (χ4v) is 1.47. The smallest absolute Gasteiger partial charge is 0.207 e. The van der Waals surface area contributed by atoms with Crippen LogP contribution in [0.5, 0.6) is 0 Å². The van der Waals surface area contributed by atoms with E-state index in [2.05, 4.69) is 15.9 Å². The van der Waals surface area contributed by atoms with Crippen molar-refractivity contribution in [2.75, 3.05) is 19.0 Å². The van der Waals surface area contributed by atoms with Crippen LogP contribution < -0.4 is 4.90 Å². The summed E-state index contributed by atoms with van der Waals surface area (Å²) in [5, 5.41) is 1.02. The molecule has 2 rings (SSSR count). The quantitative estimate of drug-likeness (QED) is 0.651. The van der Waals surface area contributed by atoms with E-state index in [0.29, 0.717) is 5.82 Å². The van der Waals surface area contributed by atoms with Crippen molar-refractivity contribution in [1.82, 2.24) is 9.97 Å². The molecule has 0 radical (unpaired) electrons. The van der Waals surface area contributed by atoms with Gasteiger partial charge in [0, 0.05) is 19.5 Å². The Kier molecular flexibility index (Phi) is 2.26. The average Bonchev–Trinajstić information content (AvgIpc) is 2.27. The van der Waals surface area contributed by atoms with E-state index in [1.807, 2.05) is 43.3 Å². The molecule has 0 saturated heterocycles. The van der Waals surface area contributed by atoms with Gasteiger partial charge in [0.2, 0.25) is 5.82 Å². The van der Waals surface area contributed by atoms with Crippen molar-refractivity contribution in [3.8, 4) is 12.3 Å². The van der Waals surface area contributed by atoms with Crippen molar-refractivity contribution >= 4 is 16.7 Å². The van der Waals surface area contributed by atoms with Crippen molar-refractivity contribution in [3.05, 3.63) is 30.1 Å². The van der Waals surface area contributed by atoms with E-state index in [-0.39, 0.29) is 0 Å². The fraction of sp³-hybridized carbons (Fsp3) is 0.167. The first-order valence-electron chi connectivity index (χ1n) is 4.63. The number of terminal acetylenes is 1. The van der Waals surface area contributed by atoms with Crippen LogP contribution in [0.3, 0.4) is 0 Å². The van der Waals surface area contributed by atoms with Gasteiger partial charge in [0.15, 0.2) is 0 Å². The molecule has 0 aliphatic carbocycles. The second-order valence-corrected chi connectivity index (χ2v) is 3.43. The molecule has 1 aromatic carbocycles. The summed E-state index contributed by atoms with van der Waals surface area (Å²) in [4.78, 5) is 10.5. The number of para-hydroxylation sites is 1. The van der Waals surface area contributed by atoms with E-state index in [9.17, 15) is 0 Å². The summed E-state index contributed by atoms with van der Waals surface area (Å²) in [5.41, 5.74) is 0.879. The first kappa shape index (κ1) is 9.47. The molecule has 0 bridgehead atoms. The second kappa shape index (κ2) is 3.58. The van der Waals surface area contributed by atoms with E-state index >= 15 is 0 Å². The van der Waals surface area contributed by atoms with Crippen LogP contribution >= 0.6 is 0 Å². The molecular weight excluding hydrogens is 186 g/mol. The van der Waals surface area contributed by atoms with Crippen LogP contribution in [0.1, 0.15) is 5.82 Å². The molecule has 1 heterocycles. The lowest BCUT2D eigenvalue weighted by atomic mass is 10.2. The predicted molar refractivity (Wildman–Crippen MR) is 61.8 cm³/mol. The molecule has 15 heavy (non-hydrogen) atoms.